The van der Waals surface area contributed by atoms with E-state index >= 15 is 0 Å². The van der Waals surface area contributed by atoms with Gasteiger partial charge in [0.15, 0.2) is 0 Å². The maximum absolute atomic E-state index is 5.92. The van der Waals surface area contributed by atoms with Crippen LogP contribution in [0.1, 0.15) is 39.7 Å². The smallest absolute Gasteiger partial charge is 0.0346 e. The minimum absolute atomic E-state index is 0.386. The number of anilines is 1. The highest BCUT2D eigenvalue weighted by molar-refractivity contribution is 5.46. The summed E-state index contributed by atoms with van der Waals surface area (Å²) in [7, 11) is 0. The van der Waals surface area contributed by atoms with Crippen molar-refractivity contribution < 1.29 is 0 Å². The van der Waals surface area contributed by atoms with Crippen LogP contribution in [-0.4, -0.2) is 13.1 Å². The van der Waals surface area contributed by atoms with E-state index in [1.807, 2.05) is 12.1 Å². The minimum Gasteiger partial charge on any atom is -0.399 e. The van der Waals surface area contributed by atoms with Crippen LogP contribution in [0.15, 0.2) is 24.3 Å². The Morgan fingerprint density at radius 1 is 1.22 bits per heavy atom. The zero-order valence-electron chi connectivity index (χ0n) is 12.3. The first kappa shape index (κ1) is 15.0. The molecule has 1 atom stereocenters. The van der Waals surface area contributed by atoms with E-state index in [-0.39, 0.29) is 0 Å². The van der Waals surface area contributed by atoms with Crippen molar-refractivity contribution in [3.05, 3.63) is 29.8 Å². The zero-order valence-corrected chi connectivity index (χ0v) is 12.3. The SMILES string of the molecule is CC(CNCCCc1ccccc1N)C(C)(C)C. The number of nitrogens with one attached hydrogen (secondary N) is 1. The zero-order chi connectivity index (χ0) is 13.6. The van der Waals surface area contributed by atoms with Gasteiger partial charge in [0.2, 0.25) is 0 Å². The van der Waals surface area contributed by atoms with Crippen molar-refractivity contribution in [2.45, 2.75) is 40.5 Å². The lowest BCUT2D eigenvalue weighted by Gasteiger charge is -2.27. The third-order valence-corrected chi connectivity index (χ3v) is 3.78. The fraction of sp³-hybridized carbons (Fsp3) is 0.625. The monoisotopic (exact) mass is 248 g/mol. The van der Waals surface area contributed by atoms with Crippen LogP contribution in [-0.2, 0) is 6.42 Å². The average Bonchev–Trinajstić information content (AvgIpc) is 2.29. The van der Waals surface area contributed by atoms with Gasteiger partial charge in [-0.1, -0.05) is 45.9 Å². The summed E-state index contributed by atoms with van der Waals surface area (Å²) in [6.07, 6.45) is 2.20. The Morgan fingerprint density at radius 3 is 2.50 bits per heavy atom. The highest BCUT2D eigenvalue weighted by Gasteiger charge is 2.18. The first-order chi connectivity index (χ1) is 8.41. The number of hydrogen-bond acceptors (Lipinski definition) is 2. The van der Waals surface area contributed by atoms with Gasteiger partial charge < -0.3 is 11.1 Å². The molecular weight excluding hydrogens is 220 g/mol. The van der Waals surface area contributed by atoms with Gasteiger partial charge in [-0.05, 0) is 48.9 Å². The van der Waals surface area contributed by atoms with E-state index < -0.39 is 0 Å². The predicted molar refractivity (Wildman–Crippen MR) is 80.7 cm³/mol. The van der Waals surface area contributed by atoms with Gasteiger partial charge in [0.25, 0.3) is 0 Å². The molecule has 0 amide bonds. The molecule has 0 aliphatic heterocycles. The van der Waals surface area contributed by atoms with Gasteiger partial charge in [0.05, 0.1) is 0 Å². The van der Waals surface area contributed by atoms with Crippen molar-refractivity contribution in [1.82, 2.24) is 5.32 Å². The molecule has 1 unspecified atom stereocenters. The molecule has 0 heterocycles. The van der Waals surface area contributed by atoms with Crippen molar-refractivity contribution in [3.8, 4) is 0 Å². The topological polar surface area (TPSA) is 38.0 Å². The van der Waals surface area contributed by atoms with E-state index in [2.05, 4.69) is 45.1 Å². The molecule has 0 bridgehead atoms. The summed E-state index contributed by atoms with van der Waals surface area (Å²) in [4.78, 5) is 0. The van der Waals surface area contributed by atoms with Crippen molar-refractivity contribution >= 4 is 5.69 Å². The Morgan fingerprint density at radius 2 is 1.89 bits per heavy atom. The molecule has 0 aliphatic rings. The van der Waals surface area contributed by atoms with E-state index in [1.54, 1.807) is 0 Å². The van der Waals surface area contributed by atoms with Crippen LogP contribution < -0.4 is 11.1 Å². The molecular formula is C16H28N2. The van der Waals surface area contributed by atoms with Crippen LogP contribution in [0.2, 0.25) is 0 Å². The summed E-state index contributed by atoms with van der Waals surface area (Å²) in [5.41, 5.74) is 8.49. The largest absolute Gasteiger partial charge is 0.399 e. The highest BCUT2D eigenvalue weighted by atomic mass is 14.9. The highest BCUT2D eigenvalue weighted by Crippen LogP contribution is 2.24. The fourth-order valence-corrected chi connectivity index (χ4v) is 1.79. The molecule has 3 N–H and O–H groups in total. The maximum Gasteiger partial charge on any atom is 0.0346 e. The van der Waals surface area contributed by atoms with Gasteiger partial charge >= 0.3 is 0 Å². The predicted octanol–water partition coefficient (Wildman–Crippen LogP) is 3.47. The molecule has 1 aromatic carbocycles. The van der Waals surface area contributed by atoms with Crippen molar-refractivity contribution in [2.24, 2.45) is 11.3 Å². The Balaban J connectivity index is 2.18. The number of nitrogen functional groups attached to an aromatic ring is 1. The number of benzene rings is 1. The molecule has 0 aliphatic carbocycles. The number of rotatable bonds is 6. The van der Waals surface area contributed by atoms with E-state index in [4.69, 9.17) is 5.73 Å². The van der Waals surface area contributed by atoms with Gasteiger partial charge in [0.1, 0.15) is 0 Å². The van der Waals surface area contributed by atoms with E-state index in [0.29, 0.717) is 11.3 Å². The third-order valence-electron chi connectivity index (χ3n) is 3.78. The lowest BCUT2D eigenvalue weighted by atomic mass is 9.82. The second-order valence-corrected chi connectivity index (χ2v) is 6.27. The van der Waals surface area contributed by atoms with Gasteiger partial charge in [-0.15, -0.1) is 0 Å². The molecule has 0 spiro atoms. The lowest BCUT2D eigenvalue weighted by Crippen LogP contribution is -2.30. The van der Waals surface area contributed by atoms with Gasteiger partial charge in [0, 0.05) is 5.69 Å². The number of nitrogens with two attached hydrogens (primary N) is 1. The van der Waals surface area contributed by atoms with E-state index in [1.165, 1.54) is 5.56 Å². The first-order valence-electron chi connectivity index (χ1n) is 6.95. The van der Waals surface area contributed by atoms with E-state index in [9.17, 15) is 0 Å². The molecule has 102 valence electrons. The van der Waals surface area contributed by atoms with Crippen LogP contribution >= 0.6 is 0 Å². The maximum atomic E-state index is 5.92. The van der Waals surface area contributed by atoms with Crippen molar-refractivity contribution in [2.75, 3.05) is 18.8 Å². The Labute approximate surface area is 112 Å². The first-order valence-corrected chi connectivity index (χ1v) is 6.95. The van der Waals surface area contributed by atoms with Crippen LogP contribution in [0.5, 0.6) is 0 Å². The second-order valence-electron chi connectivity index (χ2n) is 6.27. The number of hydrogen-bond donors (Lipinski definition) is 2. The quantitative estimate of drug-likeness (QED) is 0.597. The molecule has 18 heavy (non-hydrogen) atoms. The summed E-state index contributed by atoms with van der Waals surface area (Å²) >= 11 is 0. The summed E-state index contributed by atoms with van der Waals surface area (Å²) in [5.74, 6) is 0.694. The summed E-state index contributed by atoms with van der Waals surface area (Å²) < 4.78 is 0. The van der Waals surface area contributed by atoms with Crippen molar-refractivity contribution in [1.29, 1.82) is 0 Å². The molecule has 2 nitrogen and oxygen atoms in total. The van der Waals surface area contributed by atoms with Gasteiger partial charge in [-0.2, -0.15) is 0 Å². The molecule has 0 saturated carbocycles. The summed E-state index contributed by atoms with van der Waals surface area (Å²) in [6.45, 7) is 11.3. The summed E-state index contributed by atoms with van der Waals surface area (Å²) in [5, 5.41) is 3.54. The molecule has 1 rings (SSSR count). The second kappa shape index (κ2) is 6.79. The molecule has 1 aromatic rings. The molecule has 2 heteroatoms. The molecule has 0 aromatic heterocycles. The van der Waals surface area contributed by atoms with Crippen molar-refractivity contribution in [3.63, 3.8) is 0 Å². The van der Waals surface area contributed by atoms with Crippen LogP contribution in [0.4, 0.5) is 5.69 Å². The Bertz CT molecular complexity index is 352. The van der Waals surface area contributed by atoms with Crippen LogP contribution in [0, 0.1) is 11.3 Å². The number of aryl methyl sites for hydroxylation is 1. The molecule has 0 radical (unpaired) electrons. The standard InChI is InChI=1S/C16H28N2/c1-13(16(2,3)4)12-18-11-7-9-14-8-5-6-10-15(14)17/h5-6,8,10,13,18H,7,9,11-12,17H2,1-4H3. The van der Waals surface area contributed by atoms with E-state index in [0.717, 1.165) is 31.6 Å². The van der Waals surface area contributed by atoms with Crippen LogP contribution in [0.3, 0.4) is 0 Å². The van der Waals surface area contributed by atoms with Gasteiger partial charge in [-0.3, -0.25) is 0 Å². The number of para-hydroxylation sites is 1. The normalized spacial score (nSPS) is 13.6. The fourth-order valence-electron chi connectivity index (χ4n) is 1.79. The minimum atomic E-state index is 0.386. The molecule has 0 saturated heterocycles. The van der Waals surface area contributed by atoms with Gasteiger partial charge in [-0.25, -0.2) is 0 Å². The van der Waals surface area contributed by atoms with Crippen LogP contribution in [0.25, 0.3) is 0 Å². The Hall–Kier alpha value is -1.02. The summed E-state index contributed by atoms with van der Waals surface area (Å²) in [6, 6.07) is 8.14. The lowest BCUT2D eigenvalue weighted by molar-refractivity contribution is 0.253. The average molecular weight is 248 g/mol. The molecule has 0 fully saturated rings. The Kier molecular flexibility index (Phi) is 5.67. The third kappa shape index (κ3) is 5.09.